The van der Waals surface area contributed by atoms with Crippen LogP contribution in [-0.4, -0.2) is 43.9 Å². The number of carbonyl (C=O) groups is 1. The predicted molar refractivity (Wildman–Crippen MR) is 131 cm³/mol. The Morgan fingerprint density at radius 1 is 1.09 bits per heavy atom. The zero-order valence-corrected chi connectivity index (χ0v) is 20.2. The van der Waals surface area contributed by atoms with Crippen molar-refractivity contribution in [2.45, 2.75) is 30.8 Å². The monoisotopic (exact) mass is 480 g/mol. The molecule has 3 aromatic rings. The number of thiophene rings is 1. The van der Waals surface area contributed by atoms with E-state index in [0.717, 1.165) is 31.6 Å². The van der Waals surface area contributed by atoms with Crippen molar-refractivity contribution in [1.29, 1.82) is 0 Å². The third-order valence-electron chi connectivity index (χ3n) is 5.58. The van der Waals surface area contributed by atoms with Crippen LogP contribution in [0.5, 0.6) is 0 Å². The Bertz CT molecular complexity index is 1350. The number of carboxylic acids is 1. The van der Waals surface area contributed by atoms with Gasteiger partial charge in [-0.15, -0.1) is 11.3 Å². The molecule has 1 N–H and O–H groups in total. The summed E-state index contributed by atoms with van der Waals surface area (Å²) in [5.41, 5.74) is 3.82. The topological polar surface area (TPSA) is 77.9 Å². The van der Waals surface area contributed by atoms with E-state index in [-0.39, 0.29) is 17.9 Å². The van der Waals surface area contributed by atoms with Crippen molar-refractivity contribution >= 4 is 33.0 Å². The highest BCUT2D eigenvalue weighted by molar-refractivity contribution is 7.89. The van der Waals surface area contributed by atoms with Crippen LogP contribution in [0.15, 0.2) is 59.5 Å². The van der Waals surface area contributed by atoms with Gasteiger partial charge in [0, 0.05) is 40.7 Å². The molecule has 0 saturated heterocycles. The zero-order chi connectivity index (χ0) is 23.8. The highest BCUT2D eigenvalue weighted by Crippen LogP contribution is 2.42. The van der Waals surface area contributed by atoms with Gasteiger partial charge in [-0.1, -0.05) is 30.9 Å². The first-order valence-corrected chi connectivity index (χ1v) is 12.7. The molecular weight excluding hydrogens is 456 g/mol. The molecule has 0 fully saturated rings. The molecule has 0 saturated carbocycles. The van der Waals surface area contributed by atoms with Crippen LogP contribution in [0.3, 0.4) is 0 Å². The molecule has 0 spiro atoms. The number of benzene rings is 2. The van der Waals surface area contributed by atoms with Crippen LogP contribution in [0.2, 0.25) is 0 Å². The Balaban J connectivity index is 1.53. The maximum atomic E-state index is 12.9. The van der Waals surface area contributed by atoms with E-state index in [0.29, 0.717) is 4.88 Å². The van der Waals surface area contributed by atoms with Crippen molar-refractivity contribution in [2.75, 3.05) is 19.0 Å². The molecule has 170 valence electrons. The van der Waals surface area contributed by atoms with Gasteiger partial charge in [-0.3, -0.25) is 4.79 Å². The van der Waals surface area contributed by atoms with Crippen molar-refractivity contribution in [3.8, 4) is 22.3 Å². The van der Waals surface area contributed by atoms with Gasteiger partial charge in [0.1, 0.15) is 6.04 Å². The average Bonchev–Trinajstić information content (AvgIpc) is 3.32. The molecule has 6 nitrogen and oxygen atoms in total. The molecule has 1 atom stereocenters. The Morgan fingerprint density at radius 3 is 2.15 bits per heavy atom. The summed E-state index contributed by atoms with van der Waals surface area (Å²) in [7, 11) is 0.180. The average molecular weight is 481 g/mol. The minimum Gasteiger partial charge on any atom is -0.480 e. The zero-order valence-electron chi connectivity index (χ0n) is 18.6. The van der Waals surface area contributed by atoms with Crippen molar-refractivity contribution in [1.82, 2.24) is 4.31 Å². The minimum atomic E-state index is -3.81. The van der Waals surface area contributed by atoms with E-state index in [9.17, 15) is 18.3 Å². The quantitative estimate of drug-likeness (QED) is 0.553. The lowest BCUT2D eigenvalue weighted by atomic mass is 10.1. The first-order chi connectivity index (χ1) is 15.7. The standard InChI is InChI=1S/C25H24N2O4S2/c1-4-21(25(28)29)27-16-23-24(33(27,30)31)15-22(32-23)19-11-7-17(8-12-19)5-6-18-9-13-20(14-10-18)26(2)3/h7-15,21H,4,16H2,1-3H3,(H,28,29). The van der Waals surface area contributed by atoms with Gasteiger partial charge in [0.05, 0.1) is 11.4 Å². The van der Waals surface area contributed by atoms with E-state index in [4.69, 9.17) is 0 Å². The SMILES string of the molecule is CCC(C(=O)O)N1Cc2sc(-c3ccc(C#Cc4ccc(N(C)C)cc4)cc3)cc2S1(=O)=O. The lowest BCUT2D eigenvalue weighted by Crippen LogP contribution is -2.40. The molecule has 4 rings (SSSR count). The lowest BCUT2D eigenvalue weighted by molar-refractivity contribution is -0.141. The fourth-order valence-corrected chi connectivity index (χ4v) is 7.12. The Hall–Kier alpha value is -3.12. The van der Waals surface area contributed by atoms with Crippen LogP contribution in [-0.2, 0) is 21.4 Å². The third-order valence-corrected chi connectivity index (χ3v) is 8.80. The van der Waals surface area contributed by atoms with Crippen LogP contribution in [0.4, 0.5) is 5.69 Å². The van der Waals surface area contributed by atoms with Gasteiger partial charge in [0.2, 0.25) is 10.0 Å². The molecule has 1 aliphatic rings. The Labute approximate surface area is 198 Å². The summed E-state index contributed by atoms with van der Waals surface area (Å²) in [5.74, 6) is 5.19. The molecule has 2 aromatic carbocycles. The number of hydrogen-bond acceptors (Lipinski definition) is 5. The molecule has 0 aliphatic carbocycles. The van der Waals surface area contributed by atoms with Crippen molar-refractivity contribution in [3.05, 3.63) is 70.6 Å². The normalized spacial score (nSPS) is 15.4. The maximum Gasteiger partial charge on any atom is 0.322 e. The van der Waals surface area contributed by atoms with Crippen LogP contribution < -0.4 is 4.90 Å². The summed E-state index contributed by atoms with van der Waals surface area (Å²) < 4.78 is 26.9. The van der Waals surface area contributed by atoms with E-state index in [1.807, 2.05) is 67.5 Å². The fraction of sp³-hybridized carbons (Fsp3) is 0.240. The maximum absolute atomic E-state index is 12.9. The molecule has 2 heterocycles. The van der Waals surface area contributed by atoms with Crippen molar-refractivity contribution in [3.63, 3.8) is 0 Å². The summed E-state index contributed by atoms with van der Waals surface area (Å²) in [6.07, 6.45) is 0.221. The molecule has 8 heteroatoms. The van der Waals surface area contributed by atoms with Gasteiger partial charge in [-0.05, 0) is 54.4 Å². The highest BCUT2D eigenvalue weighted by Gasteiger charge is 2.42. The third kappa shape index (κ3) is 4.53. The molecule has 1 aromatic heterocycles. The summed E-state index contributed by atoms with van der Waals surface area (Å²) in [4.78, 5) is 15.2. The number of rotatable bonds is 5. The lowest BCUT2D eigenvalue weighted by Gasteiger charge is -2.21. The largest absolute Gasteiger partial charge is 0.480 e. The van der Waals surface area contributed by atoms with Crippen LogP contribution in [0.25, 0.3) is 10.4 Å². The van der Waals surface area contributed by atoms with Crippen LogP contribution >= 0.6 is 11.3 Å². The number of hydrogen-bond donors (Lipinski definition) is 1. The van der Waals surface area contributed by atoms with Crippen LogP contribution in [0.1, 0.15) is 29.3 Å². The Kier molecular flexibility index (Phi) is 6.30. The molecule has 1 aliphatic heterocycles. The number of nitrogens with zero attached hydrogens (tertiary/aromatic N) is 2. The second-order valence-electron chi connectivity index (χ2n) is 7.98. The smallest absolute Gasteiger partial charge is 0.322 e. The number of carboxylic acid groups (broad SMARTS) is 1. The predicted octanol–water partition coefficient (Wildman–Crippen LogP) is 4.25. The van der Waals surface area contributed by atoms with E-state index in [1.54, 1.807) is 13.0 Å². The number of sulfonamides is 1. The van der Waals surface area contributed by atoms with Gasteiger partial charge in [0.15, 0.2) is 0 Å². The Morgan fingerprint density at radius 2 is 1.67 bits per heavy atom. The molecule has 0 bridgehead atoms. The second kappa shape index (κ2) is 9.02. The van der Waals surface area contributed by atoms with E-state index >= 15 is 0 Å². The van der Waals surface area contributed by atoms with E-state index in [1.165, 1.54) is 11.3 Å². The molecule has 1 unspecified atom stereocenters. The number of fused-ring (bicyclic) bond motifs is 1. The summed E-state index contributed by atoms with van der Waals surface area (Å²) in [6, 6.07) is 16.3. The first-order valence-electron chi connectivity index (χ1n) is 10.5. The van der Waals surface area contributed by atoms with Gasteiger partial charge >= 0.3 is 5.97 Å². The van der Waals surface area contributed by atoms with E-state index < -0.39 is 22.0 Å². The van der Waals surface area contributed by atoms with Gasteiger partial charge in [0.25, 0.3) is 0 Å². The van der Waals surface area contributed by atoms with Gasteiger partial charge in [-0.25, -0.2) is 8.42 Å². The molecule has 0 radical (unpaired) electrons. The van der Waals surface area contributed by atoms with Crippen molar-refractivity contribution < 1.29 is 18.3 Å². The minimum absolute atomic E-state index is 0.101. The summed E-state index contributed by atoms with van der Waals surface area (Å²) in [6.45, 7) is 1.78. The van der Waals surface area contributed by atoms with Crippen molar-refractivity contribution in [2.24, 2.45) is 0 Å². The highest BCUT2D eigenvalue weighted by atomic mass is 32.2. The molecule has 0 amide bonds. The van der Waals surface area contributed by atoms with Gasteiger partial charge < -0.3 is 10.0 Å². The number of aliphatic carboxylic acids is 1. The molecule has 33 heavy (non-hydrogen) atoms. The number of anilines is 1. The summed E-state index contributed by atoms with van der Waals surface area (Å²) >= 11 is 1.39. The molecular formula is C25H24N2O4S2. The van der Waals surface area contributed by atoms with E-state index in [2.05, 4.69) is 11.8 Å². The van der Waals surface area contributed by atoms with Gasteiger partial charge in [-0.2, -0.15) is 4.31 Å². The fourth-order valence-electron chi connectivity index (χ4n) is 3.72. The first kappa shape index (κ1) is 23.1. The second-order valence-corrected chi connectivity index (χ2v) is 11.0. The van der Waals surface area contributed by atoms with Crippen LogP contribution in [0, 0.1) is 11.8 Å². The summed E-state index contributed by atoms with van der Waals surface area (Å²) in [5, 5.41) is 9.38.